The van der Waals surface area contributed by atoms with Gasteiger partial charge in [-0.3, -0.25) is 4.79 Å². The van der Waals surface area contributed by atoms with Gasteiger partial charge in [0.2, 0.25) is 5.91 Å². The standard InChI is InChI=1S/C15H17N3OS/c1-10-4-3-5-12(8-10)15(6-7-15)14(19)16-9-13-11(2)17-18-20-13/h3-5,8H,6-7,9H2,1-2H3,(H,16,19). The number of carbonyl (C=O) groups is 1. The summed E-state index contributed by atoms with van der Waals surface area (Å²) in [4.78, 5) is 13.5. The summed E-state index contributed by atoms with van der Waals surface area (Å²) >= 11 is 1.34. The van der Waals surface area contributed by atoms with Gasteiger partial charge in [-0.05, 0) is 43.8 Å². The van der Waals surface area contributed by atoms with Gasteiger partial charge in [-0.1, -0.05) is 34.3 Å². The molecule has 1 heterocycles. The van der Waals surface area contributed by atoms with Gasteiger partial charge in [0.25, 0.3) is 0 Å². The van der Waals surface area contributed by atoms with E-state index in [-0.39, 0.29) is 11.3 Å². The van der Waals surface area contributed by atoms with Crippen molar-refractivity contribution in [3.05, 3.63) is 46.0 Å². The average molecular weight is 287 g/mol. The maximum absolute atomic E-state index is 12.5. The van der Waals surface area contributed by atoms with Gasteiger partial charge in [-0.25, -0.2) is 0 Å². The predicted molar refractivity (Wildman–Crippen MR) is 78.6 cm³/mol. The summed E-state index contributed by atoms with van der Waals surface area (Å²) in [5, 5.41) is 7.00. The van der Waals surface area contributed by atoms with Gasteiger partial charge in [-0.2, -0.15) is 0 Å². The number of benzene rings is 1. The van der Waals surface area contributed by atoms with E-state index in [9.17, 15) is 4.79 Å². The van der Waals surface area contributed by atoms with Crippen LogP contribution < -0.4 is 5.32 Å². The van der Waals surface area contributed by atoms with E-state index in [0.29, 0.717) is 6.54 Å². The highest BCUT2D eigenvalue weighted by atomic mass is 32.1. The van der Waals surface area contributed by atoms with Gasteiger partial charge < -0.3 is 5.32 Å². The molecule has 1 amide bonds. The summed E-state index contributed by atoms with van der Waals surface area (Å²) in [6.45, 7) is 4.50. The smallest absolute Gasteiger partial charge is 0.230 e. The molecule has 0 radical (unpaired) electrons. The molecule has 0 bridgehead atoms. The van der Waals surface area contributed by atoms with Crippen LogP contribution in [0, 0.1) is 13.8 Å². The second-order valence-corrected chi connectivity index (χ2v) is 6.25. The van der Waals surface area contributed by atoms with E-state index in [1.165, 1.54) is 17.1 Å². The monoisotopic (exact) mass is 287 g/mol. The van der Waals surface area contributed by atoms with Crippen molar-refractivity contribution in [2.45, 2.75) is 38.6 Å². The van der Waals surface area contributed by atoms with E-state index < -0.39 is 0 Å². The Hall–Kier alpha value is -1.75. The lowest BCUT2D eigenvalue weighted by Crippen LogP contribution is -2.34. The largest absolute Gasteiger partial charge is 0.350 e. The topological polar surface area (TPSA) is 54.9 Å². The molecule has 1 aliphatic rings. The summed E-state index contributed by atoms with van der Waals surface area (Å²) in [5.74, 6) is 0.121. The van der Waals surface area contributed by atoms with Crippen molar-refractivity contribution in [1.29, 1.82) is 0 Å². The fourth-order valence-corrected chi connectivity index (χ4v) is 3.03. The first kappa shape index (κ1) is 13.2. The van der Waals surface area contributed by atoms with Gasteiger partial charge in [0.15, 0.2) is 0 Å². The molecule has 0 atom stereocenters. The Bertz CT molecular complexity index is 646. The van der Waals surface area contributed by atoms with Crippen molar-refractivity contribution in [3.63, 3.8) is 0 Å². The second kappa shape index (κ2) is 4.98. The first-order valence-electron chi connectivity index (χ1n) is 6.75. The number of aryl methyl sites for hydroxylation is 2. The highest BCUT2D eigenvalue weighted by Crippen LogP contribution is 2.48. The molecule has 1 aromatic carbocycles. The summed E-state index contributed by atoms with van der Waals surface area (Å²) in [6.07, 6.45) is 1.87. The van der Waals surface area contributed by atoms with E-state index in [4.69, 9.17) is 0 Å². The maximum Gasteiger partial charge on any atom is 0.230 e. The highest BCUT2D eigenvalue weighted by Gasteiger charge is 2.51. The molecule has 1 aromatic heterocycles. The fraction of sp³-hybridized carbons (Fsp3) is 0.400. The Balaban J connectivity index is 1.72. The molecule has 2 aromatic rings. The number of nitrogens with zero attached hydrogens (tertiary/aromatic N) is 2. The predicted octanol–water partition coefficient (Wildman–Crippen LogP) is 2.50. The van der Waals surface area contributed by atoms with Gasteiger partial charge >= 0.3 is 0 Å². The minimum Gasteiger partial charge on any atom is -0.350 e. The summed E-state index contributed by atoms with van der Waals surface area (Å²) in [6, 6.07) is 8.25. The molecule has 3 rings (SSSR count). The molecular weight excluding hydrogens is 270 g/mol. The third kappa shape index (κ3) is 2.33. The van der Waals surface area contributed by atoms with Crippen LogP contribution >= 0.6 is 11.5 Å². The van der Waals surface area contributed by atoms with Crippen LogP contribution in [0.2, 0.25) is 0 Å². The van der Waals surface area contributed by atoms with Crippen molar-refractivity contribution in [3.8, 4) is 0 Å². The van der Waals surface area contributed by atoms with Crippen LogP contribution in [0.3, 0.4) is 0 Å². The molecule has 20 heavy (non-hydrogen) atoms. The van der Waals surface area contributed by atoms with Crippen LogP contribution in [0.1, 0.15) is 34.5 Å². The summed E-state index contributed by atoms with van der Waals surface area (Å²) in [5.41, 5.74) is 2.92. The minimum atomic E-state index is -0.307. The number of hydrogen-bond donors (Lipinski definition) is 1. The molecule has 1 N–H and O–H groups in total. The zero-order valence-electron chi connectivity index (χ0n) is 11.6. The van der Waals surface area contributed by atoms with E-state index in [1.54, 1.807) is 0 Å². The van der Waals surface area contributed by atoms with E-state index in [1.807, 2.05) is 13.0 Å². The van der Waals surface area contributed by atoms with Crippen LogP contribution in [0.4, 0.5) is 0 Å². The number of hydrogen-bond acceptors (Lipinski definition) is 4. The number of aromatic nitrogens is 2. The van der Waals surface area contributed by atoms with Crippen LogP contribution in [-0.4, -0.2) is 15.5 Å². The van der Waals surface area contributed by atoms with Crippen LogP contribution in [0.25, 0.3) is 0 Å². The molecule has 0 aliphatic heterocycles. The molecule has 104 valence electrons. The van der Waals surface area contributed by atoms with Crippen molar-refractivity contribution in [2.75, 3.05) is 0 Å². The molecule has 0 unspecified atom stereocenters. The highest BCUT2D eigenvalue weighted by molar-refractivity contribution is 7.05. The van der Waals surface area contributed by atoms with Crippen LogP contribution in [0.15, 0.2) is 24.3 Å². The normalized spacial score (nSPS) is 15.9. The lowest BCUT2D eigenvalue weighted by molar-refractivity contribution is -0.123. The first-order valence-corrected chi connectivity index (χ1v) is 7.52. The number of carbonyl (C=O) groups excluding carboxylic acids is 1. The summed E-state index contributed by atoms with van der Waals surface area (Å²) < 4.78 is 3.89. The van der Waals surface area contributed by atoms with Crippen LogP contribution in [-0.2, 0) is 16.8 Å². The number of amides is 1. The van der Waals surface area contributed by atoms with Crippen molar-refractivity contribution >= 4 is 17.4 Å². The molecule has 4 nitrogen and oxygen atoms in total. The Kier molecular flexibility index (Phi) is 3.30. The van der Waals surface area contributed by atoms with Crippen molar-refractivity contribution in [2.24, 2.45) is 0 Å². The molecule has 1 aliphatic carbocycles. The number of nitrogens with one attached hydrogen (secondary N) is 1. The van der Waals surface area contributed by atoms with Crippen molar-refractivity contribution in [1.82, 2.24) is 14.9 Å². The first-order chi connectivity index (χ1) is 9.62. The quantitative estimate of drug-likeness (QED) is 0.940. The zero-order valence-corrected chi connectivity index (χ0v) is 12.5. The van der Waals surface area contributed by atoms with Gasteiger partial charge in [0.05, 0.1) is 22.5 Å². The third-order valence-corrected chi connectivity index (χ3v) is 4.73. The van der Waals surface area contributed by atoms with Crippen LogP contribution in [0.5, 0.6) is 0 Å². The zero-order chi connectivity index (χ0) is 14.2. The minimum absolute atomic E-state index is 0.121. The Morgan fingerprint density at radius 3 is 2.80 bits per heavy atom. The van der Waals surface area contributed by atoms with Gasteiger partial charge in [0.1, 0.15) is 0 Å². The Labute approximate surface area is 122 Å². The molecule has 1 saturated carbocycles. The third-order valence-electron chi connectivity index (χ3n) is 3.91. The molecular formula is C15H17N3OS. The fourth-order valence-electron chi connectivity index (χ4n) is 2.46. The average Bonchev–Trinajstić information content (AvgIpc) is 3.15. The Morgan fingerprint density at radius 2 is 2.20 bits per heavy atom. The molecule has 0 spiro atoms. The van der Waals surface area contributed by atoms with Gasteiger partial charge in [-0.15, -0.1) is 5.10 Å². The lowest BCUT2D eigenvalue weighted by atomic mass is 9.93. The molecule has 5 heteroatoms. The lowest BCUT2D eigenvalue weighted by Gasteiger charge is -2.16. The Morgan fingerprint density at radius 1 is 1.40 bits per heavy atom. The SMILES string of the molecule is Cc1cccc(C2(C(=O)NCc3snnc3C)CC2)c1. The maximum atomic E-state index is 12.5. The molecule has 0 saturated heterocycles. The summed E-state index contributed by atoms with van der Waals surface area (Å²) in [7, 11) is 0. The van der Waals surface area contributed by atoms with E-state index in [0.717, 1.165) is 29.0 Å². The van der Waals surface area contributed by atoms with E-state index in [2.05, 4.69) is 40.0 Å². The second-order valence-electron chi connectivity index (χ2n) is 5.42. The van der Waals surface area contributed by atoms with E-state index >= 15 is 0 Å². The molecule has 1 fully saturated rings. The van der Waals surface area contributed by atoms with Gasteiger partial charge in [0, 0.05) is 0 Å². The number of rotatable bonds is 4. The van der Waals surface area contributed by atoms with Crippen molar-refractivity contribution < 1.29 is 4.79 Å².